The Morgan fingerprint density at radius 2 is 1.67 bits per heavy atom. The topological polar surface area (TPSA) is 93.7 Å². The highest BCUT2D eigenvalue weighted by atomic mass is 19.4. The van der Waals surface area contributed by atoms with E-state index in [1.54, 1.807) is 0 Å². The number of H-pyrrole nitrogens is 1. The zero-order valence-electron chi connectivity index (χ0n) is 16.0. The van der Waals surface area contributed by atoms with Gasteiger partial charge in [-0.2, -0.15) is 26.3 Å². The number of aromatic amines is 1. The average molecular weight is 435 g/mol. The third kappa shape index (κ3) is 5.51. The zero-order chi connectivity index (χ0) is 22.7. The van der Waals surface area contributed by atoms with Crippen LogP contribution in [0, 0.1) is 5.41 Å². The molecule has 1 aromatic carbocycles. The molecular formula is C18H19F6N5O. The van der Waals surface area contributed by atoms with Crippen molar-refractivity contribution >= 4 is 17.3 Å². The zero-order valence-corrected chi connectivity index (χ0v) is 16.0. The Bertz CT molecular complexity index is 948. The molecule has 2 rings (SSSR count). The molecule has 0 fully saturated rings. The smallest absolute Gasteiger partial charge is 0.382 e. The van der Waals surface area contributed by atoms with Gasteiger partial charge < -0.3 is 16.0 Å². The van der Waals surface area contributed by atoms with Crippen molar-refractivity contribution < 1.29 is 26.3 Å². The molecular weight excluding hydrogens is 416 g/mol. The van der Waals surface area contributed by atoms with Gasteiger partial charge >= 0.3 is 12.4 Å². The molecule has 0 spiro atoms. The van der Waals surface area contributed by atoms with Gasteiger partial charge in [0.2, 0.25) is 5.95 Å². The van der Waals surface area contributed by atoms with Crippen LogP contribution in [0.5, 0.6) is 0 Å². The van der Waals surface area contributed by atoms with E-state index in [4.69, 9.17) is 5.41 Å². The molecule has 1 aromatic heterocycles. The van der Waals surface area contributed by atoms with E-state index >= 15 is 0 Å². The third-order valence-corrected chi connectivity index (χ3v) is 4.06. The van der Waals surface area contributed by atoms with E-state index in [0.29, 0.717) is 25.0 Å². The normalized spacial score (nSPS) is 12.0. The number of rotatable bonds is 7. The first-order valence-corrected chi connectivity index (χ1v) is 8.79. The van der Waals surface area contributed by atoms with Crippen LogP contribution in [0.4, 0.5) is 38.0 Å². The van der Waals surface area contributed by atoms with Crippen LogP contribution in [-0.2, 0) is 18.9 Å². The fourth-order valence-corrected chi connectivity index (χ4v) is 2.68. The standard InChI is InChI=1S/C18H19F6N5O/c1-3-4-12(25)13-14(26-2)15(30)29-16(28-13)27-8-9-5-10(17(19,20)21)7-11(6-9)18(22,23)24/h5-7,25-26H,3-4,8H2,1-2H3,(H2,27,28,29,30). The van der Waals surface area contributed by atoms with Crippen LogP contribution in [0.1, 0.15) is 42.1 Å². The molecule has 0 aliphatic rings. The van der Waals surface area contributed by atoms with Crippen molar-refractivity contribution in [3.05, 3.63) is 50.9 Å². The van der Waals surface area contributed by atoms with Crippen molar-refractivity contribution in [3.8, 4) is 0 Å². The highest BCUT2D eigenvalue weighted by molar-refractivity contribution is 6.01. The quantitative estimate of drug-likeness (QED) is 0.377. The molecule has 12 heteroatoms. The van der Waals surface area contributed by atoms with Crippen LogP contribution in [-0.4, -0.2) is 22.7 Å². The Kier molecular flexibility index (Phi) is 6.78. The Morgan fingerprint density at radius 3 is 2.13 bits per heavy atom. The van der Waals surface area contributed by atoms with Crippen molar-refractivity contribution in [1.82, 2.24) is 9.97 Å². The Balaban J connectivity index is 2.39. The first-order chi connectivity index (χ1) is 13.9. The lowest BCUT2D eigenvalue weighted by Gasteiger charge is -2.15. The van der Waals surface area contributed by atoms with Gasteiger partial charge in [0.05, 0.1) is 16.8 Å². The molecule has 6 nitrogen and oxygen atoms in total. The van der Waals surface area contributed by atoms with Crippen molar-refractivity contribution in [2.24, 2.45) is 0 Å². The molecule has 0 unspecified atom stereocenters. The molecule has 4 N–H and O–H groups in total. The number of anilines is 2. The van der Waals surface area contributed by atoms with Gasteiger partial charge in [-0.3, -0.25) is 9.78 Å². The van der Waals surface area contributed by atoms with Gasteiger partial charge in [-0.25, -0.2) is 4.98 Å². The summed E-state index contributed by atoms with van der Waals surface area (Å²) in [6, 6.07) is 1.21. The third-order valence-electron chi connectivity index (χ3n) is 4.06. The van der Waals surface area contributed by atoms with E-state index < -0.39 is 35.6 Å². The van der Waals surface area contributed by atoms with Gasteiger partial charge in [0.15, 0.2) is 0 Å². The molecule has 0 bridgehead atoms. The van der Waals surface area contributed by atoms with Crippen molar-refractivity contribution in [2.45, 2.75) is 38.7 Å². The second kappa shape index (κ2) is 8.76. The lowest BCUT2D eigenvalue weighted by Crippen LogP contribution is -2.22. The van der Waals surface area contributed by atoms with Crippen molar-refractivity contribution in [3.63, 3.8) is 0 Å². The van der Waals surface area contributed by atoms with Crippen molar-refractivity contribution in [1.29, 1.82) is 5.41 Å². The first kappa shape index (κ1) is 23.2. The molecule has 0 amide bonds. The molecule has 0 aliphatic carbocycles. The second-order valence-electron chi connectivity index (χ2n) is 6.38. The minimum Gasteiger partial charge on any atom is -0.382 e. The first-order valence-electron chi connectivity index (χ1n) is 8.79. The molecule has 0 saturated carbocycles. The lowest BCUT2D eigenvalue weighted by molar-refractivity contribution is -0.143. The second-order valence-corrected chi connectivity index (χ2v) is 6.38. The van der Waals surface area contributed by atoms with Gasteiger partial charge in [-0.15, -0.1) is 0 Å². The van der Waals surface area contributed by atoms with Crippen LogP contribution in [0.15, 0.2) is 23.0 Å². The number of nitrogens with zero attached hydrogens (tertiary/aromatic N) is 1. The van der Waals surface area contributed by atoms with Crippen molar-refractivity contribution in [2.75, 3.05) is 17.7 Å². The van der Waals surface area contributed by atoms with Gasteiger partial charge in [0.25, 0.3) is 5.56 Å². The van der Waals surface area contributed by atoms with Gasteiger partial charge in [0.1, 0.15) is 11.4 Å². The summed E-state index contributed by atoms with van der Waals surface area (Å²) in [6.45, 7) is 1.36. The summed E-state index contributed by atoms with van der Waals surface area (Å²) in [7, 11) is 1.46. The summed E-state index contributed by atoms with van der Waals surface area (Å²) in [4.78, 5) is 18.6. The number of nitrogens with one attached hydrogen (secondary N) is 4. The maximum absolute atomic E-state index is 13.0. The molecule has 164 valence electrons. The predicted octanol–water partition coefficient (Wildman–Crippen LogP) is 4.63. The highest BCUT2D eigenvalue weighted by Gasteiger charge is 2.36. The van der Waals surface area contributed by atoms with E-state index in [1.165, 1.54) is 7.05 Å². The van der Waals surface area contributed by atoms with Gasteiger partial charge in [-0.1, -0.05) is 13.3 Å². The largest absolute Gasteiger partial charge is 0.416 e. The Morgan fingerprint density at radius 1 is 1.10 bits per heavy atom. The maximum Gasteiger partial charge on any atom is 0.416 e. The van der Waals surface area contributed by atoms with E-state index in [1.807, 2.05) is 6.92 Å². The number of alkyl halides is 6. The number of hydrogen-bond donors (Lipinski definition) is 4. The summed E-state index contributed by atoms with van der Waals surface area (Å²) in [6.07, 6.45) is -8.98. The minimum atomic E-state index is -4.96. The number of benzene rings is 1. The number of hydrogen-bond acceptors (Lipinski definition) is 5. The monoisotopic (exact) mass is 435 g/mol. The fraction of sp³-hybridized carbons (Fsp3) is 0.389. The molecule has 0 radical (unpaired) electrons. The molecule has 0 aliphatic heterocycles. The van der Waals surface area contributed by atoms with E-state index in [2.05, 4.69) is 20.6 Å². The molecule has 0 atom stereocenters. The van der Waals surface area contributed by atoms with Crippen LogP contribution < -0.4 is 16.2 Å². The number of halogens is 6. The minimum absolute atomic E-state index is 0.0372. The number of aromatic nitrogens is 2. The summed E-state index contributed by atoms with van der Waals surface area (Å²) in [5, 5.41) is 13.2. The molecule has 1 heterocycles. The van der Waals surface area contributed by atoms with E-state index in [-0.39, 0.29) is 34.7 Å². The highest BCUT2D eigenvalue weighted by Crippen LogP contribution is 2.36. The van der Waals surface area contributed by atoms with Crippen LogP contribution in [0.3, 0.4) is 0 Å². The van der Waals surface area contributed by atoms with Gasteiger partial charge in [0, 0.05) is 13.6 Å². The SMILES string of the molecule is CCCC(=N)c1nc(NCc2cc(C(F)(F)F)cc(C(F)(F)F)c2)[nH]c(=O)c1NC. The average Bonchev–Trinajstić information content (AvgIpc) is 2.64. The Hall–Kier alpha value is -3.05. The summed E-state index contributed by atoms with van der Waals surface area (Å²) < 4.78 is 77.8. The van der Waals surface area contributed by atoms with Crippen LogP contribution in [0.25, 0.3) is 0 Å². The predicted molar refractivity (Wildman–Crippen MR) is 99.9 cm³/mol. The maximum atomic E-state index is 13.0. The molecule has 0 saturated heterocycles. The lowest BCUT2D eigenvalue weighted by atomic mass is 10.0. The summed E-state index contributed by atoms with van der Waals surface area (Å²) >= 11 is 0. The summed E-state index contributed by atoms with van der Waals surface area (Å²) in [5.41, 5.74) is -3.66. The van der Waals surface area contributed by atoms with E-state index in [0.717, 1.165) is 0 Å². The fourth-order valence-electron chi connectivity index (χ4n) is 2.68. The molecule has 30 heavy (non-hydrogen) atoms. The van der Waals surface area contributed by atoms with Gasteiger partial charge in [-0.05, 0) is 30.2 Å². The molecule has 2 aromatic rings. The summed E-state index contributed by atoms with van der Waals surface area (Å²) in [5.74, 6) is -0.180. The van der Waals surface area contributed by atoms with Crippen LogP contribution >= 0.6 is 0 Å². The van der Waals surface area contributed by atoms with E-state index in [9.17, 15) is 31.1 Å². The van der Waals surface area contributed by atoms with Crippen LogP contribution in [0.2, 0.25) is 0 Å². The Labute approximate surface area is 167 Å².